The summed E-state index contributed by atoms with van der Waals surface area (Å²) in [5.41, 5.74) is 1.69. The van der Waals surface area contributed by atoms with Gasteiger partial charge in [-0.25, -0.2) is 4.79 Å². The first kappa shape index (κ1) is 23.0. The van der Waals surface area contributed by atoms with Crippen LogP contribution in [0.1, 0.15) is 48.5 Å². The number of ether oxygens (including phenoxy) is 3. The zero-order valence-corrected chi connectivity index (χ0v) is 17.8. The van der Waals surface area contributed by atoms with Gasteiger partial charge in [-0.1, -0.05) is 38.3 Å². The molecule has 0 aromatic heterocycles. The second kappa shape index (κ2) is 12.3. The molecule has 0 spiro atoms. The first-order chi connectivity index (χ1) is 14.6. The molecule has 1 N–H and O–H groups in total. The Morgan fingerprint density at radius 3 is 2.57 bits per heavy atom. The van der Waals surface area contributed by atoms with Gasteiger partial charge >= 0.3 is 5.97 Å². The van der Waals surface area contributed by atoms with E-state index in [4.69, 9.17) is 9.47 Å². The molecule has 2 rings (SSSR count). The van der Waals surface area contributed by atoms with E-state index in [0.717, 1.165) is 18.4 Å². The fourth-order valence-corrected chi connectivity index (χ4v) is 2.82. The van der Waals surface area contributed by atoms with Gasteiger partial charge in [-0.05, 0) is 48.4 Å². The summed E-state index contributed by atoms with van der Waals surface area (Å²) in [4.78, 5) is 23.8. The lowest BCUT2D eigenvalue weighted by atomic mass is 10.1. The third-order valence-electron chi connectivity index (χ3n) is 4.42. The van der Waals surface area contributed by atoms with Crippen molar-refractivity contribution in [2.75, 3.05) is 26.1 Å². The predicted octanol–water partition coefficient (Wildman–Crippen LogP) is 5.09. The van der Waals surface area contributed by atoms with Gasteiger partial charge < -0.3 is 19.5 Å². The van der Waals surface area contributed by atoms with Crippen LogP contribution in [0, 0.1) is 0 Å². The van der Waals surface area contributed by atoms with E-state index in [2.05, 4.69) is 17.0 Å². The summed E-state index contributed by atoms with van der Waals surface area (Å²) >= 11 is 0. The van der Waals surface area contributed by atoms with Gasteiger partial charge in [-0.15, -0.1) is 0 Å². The minimum absolute atomic E-state index is 0.313. The molecule has 1 amide bonds. The molecule has 0 atom stereocenters. The van der Waals surface area contributed by atoms with Gasteiger partial charge in [-0.2, -0.15) is 0 Å². The highest BCUT2D eigenvalue weighted by atomic mass is 16.5. The molecule has 160 valence electrons. The van der Waals surface area contributed by atoms with Crippen LogP contribution in [0.5, 0.6) is 11.5 Å². The standard InChI is InChI=1S/C24H29NO5/c1-4-5-6-7-15-30-21-13-11-18(16-22(21)28-2)12-14-23(26)25-20-10-8-9-19(17-20)24(27)29-3/h8-14,16-17H,4-7,15H2,1-3H3,(H,25,26)/b14-12+. The summed E-state index contributed by atoms with van der Waals surface area (Å²) in [6, 6.07) is 12.1. The van der Waals surface area contributed by atoms with Crippen LogP contribution in [0.2, 0.25) is 0 Å². The van der Waals surface area contributed by atoms with Gasteiger partial charge in [0, 0.05) is 11.8 Å². The van der Waals surface area contributed by atoms with Crippen molar-refractivity contribution in [1.29, 1.82) is 0 Å². The number of nitrogens with one attached hydrogen (secondary N) is 1. The van der Waals surface area contributed by atoms with Crippen molar-refractivity contribution in [1.82, 2.24) is 0 Å². The Kier molecular flexibility index (Phi) is 9.45. The summed E-state index contributed by atoms with van der Waals surface area (Å²) in [7, 11) is 2.90. The molecular weight excluding hydrogens is 382 g/mol. The number of methoxy groups -OCH3 is 2. The molecule has 0 aliphatic heterocycles. The fourth-order valence-electron chi connectivity index (χ4n) is 2.82. The number of rotatable bonds is 11. The van der Waals surface area contributed by atoms with Gasteiger partial charge in [0.25, 0.3) is 0 Å². The van der Waals surface area contributed by atoms with Crippen molar-refractivity contribution in [2.24, 2.45) is 0 Å². The van der Waals surface area contributed by atoms with Crippen LogP contribution in [-0.2, 0) is 9.53 Å². The maximum Gasteiger partial charge on any atom is 0.337 e. The van der Waals surface area contributed by atoms with Crippen molar-refractivity contribution >= 4 is 23.6 Å². The van der Waals surface area contributed by atoms with Gasteiger partial charge in [0.15, 0.2) is 11.5 Å². The molecule has 30 heavy (non-hydrogen) atoms. The highest BCUT2D eigenvalue weighted by Crippen LogP contribution is 2.28. The molecule has 2 aromatic rings. The first-order valence-electron chi connectivity index (χ1n) is 10.1. The topological polar surface area (TPSA) is 73.9 Å². The number of carbonyl (C=O) groups excluding carboxylic acids is 2. The van der Waals surface area contributed by atoms with E-state index >= 15 is 0 Å². The van der Waals surface area contributed by atoms with Crippen LogP contribution < -0.4 is 14.8 Å². The summed E-state index contributed by atoms with van der Waals surface area (Å²) in [6.45, 7) is 2.83. The SMILES string of the molecule is CCCCCCOc1ccc(/C=C/C(=O)Nc2cccc(C(=O)OC)c2)cc1OC. The zero-order valence-electron chi connectivity index (χ0n) is 17.8. The van der Waals surface area contributed by atoms with Gasteiger partial charge in [0.1, 0.15) is 0 Å². The summed E-state index contributed by atoms with van der Waals surface area (Å²) in [6.07, 6.45) is 7.67. The van der Waals surface area contributed by atoms with E-state index in [0.29, 0.717) is 29.4 Å². The Bertz CT molecular complexity index is 876. The molecule has 6 nitrogen and oxygen atoms in total. The Balaban J connectivity index is 1.96. The molecule has 0 fully saturated rings. The number of hydrogen-bond acceptors (Lipinski definition) is 5. The number of amides is 1. The maximum atomic E-state index is 12.2. The van der Waals surface area contributed by atoms with Gasteiger partial charge in [0.2, 0.25) is 5.91 Å². The van der Waals surface area contributed by atoms with Gasteiger partial charge in [0.05, 0.1) is 26.4 Å². The van der Waals surface area contributed by atoms with Crippen molar-refractivity contribution in [3.63, 3.8) is 0 Å². The Morgan fingerprint density at radius 1 is 1.00 bits per heavy atom. The van der Waals surface area contributed by atoms with E-state index in [-0.39, 0.29) is 5.91 Å². The van der Waals surface area contributed by atoms with Crippen LogP contribution in [0.15, 0.2) is 48.5 Å². The minimum Gasteiger partial charge on any atom is -0.493 e. The van der Waals surface area contributed by atoms with Crippen molar-refractivity contribution < 1.29 is 23.8 Å². The van der Waals surface area contributed by atoms with E-state index in [1.54, 1.807) is 37.5 Å². The highest BCUT2D eigenvalue weighted by molar-refractivity contribution is 6.02. The van der Waals surface area contributed by atoms with Gasteiger partial charge in [-0.3, -0.25) is 4.79 Å². The number of benzene rings is 2. The van der Waals surface area contributed by atoms with Crippen LogP contribution >= 0.6 is 0 Å². The monoisotopic (exact) mass is 411 g/mol. The number of hydrogen-bond donors (Lipinski definition) is 1. The second-order valence-corrected chi connectivity index (χ2v) is 6.71. The fraction of sp³-hybridized carbons (Fsp3) is 0.333. The maximum absolute atomic E-state index is 12.2. The van der Waals surface area contributed by atoms with E-state index < -0.39 is 5.97 Å². The van der Waals surface area contributed by atoms with Crippen LogP contribution in [0.4, 0.5) is 5.69 Å². The lowest BCUT2D eigenvalue weighted by Gasteiger charge is -2.11. The third-order valence-corrected chi connectivity index (χ3v) is 4.42. The first-order valence-corrected chi connectivity index (χ1v) is 10.1. The molecular formula is C24H29NO5. The molecule has 0 bridgehead atoms. The van der Waals surface area contributed by atoms with Crippen LogP contribution in [0.3, 0.4) is 0 Å². The second-order valence-electron chi connectivity index (χ2n) is 6.71. The smallest absolute Gasteiger partial charge is 0.337 e. The van der Waals surface area contributed by atoms with E-state index in [9.17, 15) is 9.59 Å². The number of unbranched alkanes of at least 4 members (excludes halogenated alkanes) is 3. The Labute approximate surface area is 177 Å². The average Bonchev–Trinajstić information content (AvgIpc) is 2.77. The molecule has 6 heteroatoms. The lowest BCUT2D eigenvalue weighted by molar-refractivity contribution is -0.111. The zero-order chi connectivity index (χ0) is 21.8. The number of carbonyl (C=O) groups is 2. The average molecular weight is 411 g/mol. The molecule has 0 saturated carbocycles. The van der Waals surface area contributed by atoms with Crippen LogP contribution in [0.25, 0.3) is 6.08 Å². The molecule has 0 aliphatic carbocycles. The molecule has 0 radical (unpaired) electrons. The Hall–Kier alpha value is -3.28. The predicted molar refractivity (Wildman–Crippen MR) is 118 cm³/mol. The van der Waals surface area contributed by atoms with E-state index in [1.807, 2.05) is 18.2 Å². The van der Waals surface area contributed by atoms with Crippen LogP contribution in [-0.4, -0.2) is 32.7 Å². The van der Waals surface area contributed by atoms with E-state index in [1.165, 1.54) is 26.0 Å². The largest absolute Gasteiger partial charge is 0.493 e. The Morgan fingerprint density at radius 2 is 1.83 bits per heavy atom. The van der Waals surface area contributed by atoms with Crippen molar-refractivity contribution in [3.8, 4) is 11.5 Å². The normalized spacial score (nSPS) is 10.6. The minimum atomic E-state index is -0.457. The summed E-state index contributed by atoms with van der Waals surface area (Å²) in [5, 5.41) is 2.73. The molecule has 0 heterocycles. The quantitative estimate of drug-likeness (QED) is 0.317. The van der Waals surface area contributed by atoms with Crippen molar-refractivity contribution in [3.05, 3.63) is 59.7 Å². The number of anilines is 1. The molecule has 0 saturated heterocycles. The molecule has 2 aromatic carbocycles. The highest BCUT2D eigenvalue weighted by Gasteiger charge is 2.07. The molecule has 0 aliphatic rings. The van der Waals surface area contributed by atoms with Crippen molar-refractivity contribution in [2.45, 2.75) is 32.6 Å². The summed E-state index contributed by atoms with van der Waals surface area (Å²) in [5.74, 6) is 0.544. The molecule has 0 unspecified atom stereocenters. The number of esters is 1. The lowest BCUT2D eigenvalue weighted by Crippen LogP contribution is -2.09. The third kappa shape index (κ3) is 7.28. The summed E-state index contributed by atoms with van der Waals surface area (Å²) < 4.78 is 15.9.